The molecule has 2 rings (SSSR count). The largest absolute Gasteiger partial charge is 0.390 e. The zero-order valence-corrected chi connectivity index (χ0v) is 10.8. The fourth-order valence-electron chi connectivity index (χ4n) is 1.80. The molecular weight excluding hydrogens is 256 g/mol. The maximum absolute atomic E-state index is 9.91. The van der Waals surface area contributed by atoms with E-state index in [-0.39, 0.29) is 0 Å². The summed E-state index contributed by atoms with van der Waals surface area (Å²) in [6.07, 6.45) is 2.59. The van der Waals surface area contributed by atoms with Crippen molar-refractivity contribution in [1.29, 1.82) is 0 Å². The number of anilines is 1. The first-order valence-electron chi connectivity index (χ1n) is 5.93. The predicted molar refractivity (Wildman–Crippen MR) is 68.8 cm³/mol. The van der Waals surface area contributed by atoms with Gasteiger partial charge >= 0.3 is 0 Å². The molecule has 0 bridgehead atoms. The van der Waals surface area contributed by atoms with Crippen LogP contribution < -0.4 is 5.32 Å². The first-order chi connectivity index (χ1) is 8.74. The summed E-state index contributed by atoms with van der Waals surface area (Å²) >= 11 is 5.72. The fraction of sp³-hybridized carbons (Fsp3) is 0.636. The molecule has 0 aliphatic carbocycles. The number of ether oxygens (including phenoxy) is 1. The van der Waals surface area contributed by atoms with Gasteiger partial charge in [0, 0.05) is 26.2 Å². The molecule has 1 saturated heterocycles. The van der Waals surface area contributed by atoms with E-state index in [4.69, 9.17) is 16.3 Å². The average Bonchev–Trinajstić information content (AvgIpc) is 2.38. The van der Waals surface area contributed by atoms with Crippen LogP contribution in [-0.4, -0.2) is 65.5 Å². The normalized spacial score (nSPS) is 18.6. The molecule has 2 heterocycles. The first kappa shape index (κ1) is 13.5. The predicted octanol–water partition coefficient (Wildman–Crippen LogP) is 0.235. The number of rotatable bonds is 5. The molecule has 100 valence electrons. The van der Waals surface area contributed by atoms with Crippen molar-refractivity contribution in [3.63, 3.8) is 0 Å². The second kappa shape index (κ2) is 6.84. The summed E-state index contributed by atoms with van der Waals surface area (Å²) in [7, 11) is 0. The number of nitrogens with one attached hydrogen (secondary N) is 1. The molecule has 2 N–H and O–H groups in total. The molecule has 1 atom stereocenters. The molecule has 0 radical (unpaired) electrons. The molecular formula is C11H17ClN4O2. The molecule has 1 aliphatic rings. The van der Waals surface area contributed by atoms with Gasteiger partial charge in [-0.25, -0.2) is 4.98 Å². The Kier molecular flexibility index (Phi) is 5.12. The van der Waals surface area contributed by atoms with Gasteiger partial charge in [0.1, 0.15) is 11.0 Å². The van der Waals surface area contributed by atoms with Crippen LogP contribution in [0.15, 0.2) is 12.4 Å². The van der Waals surface area contributed by atoms with Gasteiger partial charge in [0.15, 0.2) is 0 Å². The lowest BCUT2D eigenvalue weighted by Gasteiger charge is -2.28. The van der Waals surface area contributed by atoms with Crippen LogP contribution in [-0.2, 0) is 4.74 Å². The van der Waals surface area contributed by atoms with Crippen LogP contribution in [0.25, 0.3) is 0 Å². The van der Waals surface area contributed by atoms with Crippen molar-refractivity contribution in [2.75, 3.05) is 44.7 Å². The summed E-state index contributed by atoms with van der Waals surface area (Å²) in [6.45, 7) is 4.26. The highest BCUT2D eigenvalue weighted by molar-refractivity contribution is 6.29. The maximum atomic E-state index is 9.91. The van der Waals surface area contributed by atoms with E-state index in [1.54, 1.807) is 6.20 Å². The van der Waals surface area contributed by atoms with E-state index in [9.17, 15) is 5.11 Å². The van der Waals surface area contributed by atoms with Crippen LogP contribution in [0.5, 0.6) is 0 Å². The summed E-state index contributed by atoms with van der Waals surface area (Å²) in [5.41, 5.74) is 0. The number of nitrogens with zero attached hydrogens (tertiary/aromatic N) is 3. The van der Waals surface area contributed by atoms with Gasteiger partial charge in [-0.05, 0) is 0 Å². The third-order valence-corrected chi connectivity index (χ3v) is 2.88. The summed E-state index contributed by atoms with van der Waals surface area (Å²) in [6, 6.07) is 0. The number of morpholine rings is 1. The zero-order chi connectivity index (χ0) is 12.8. The van der Waals surface area contributed by atoms with E-state index >= 15 is 0 Å². The van der Waals surface area contributed by atoms with Crippen LogP contribution in [0, 0.1) is 0 Å². The fourth-order valence-corrected chi connectivity index (χ4v) is 1.94. The molecule has 7 heteroatoms. The number of aliphatic hydroxyl groups excluding tert-OH is 1. The average molecular weight is 273 g/mol. The minimum Gasteiger partial charge on any atom is -0.390 e. The smallest absolute Gasteiger partial charge is 0.149 e. The van der Waals surface area contributed by atoms with E-state index in [0.29, 0.717) is 24.1 Å². The number of hydrogen-bond acceptors (Lipinski definition) is 6. The van der Waals surface area contributed by atoms with Gasteiger partial charge in [-0.15, -0.1) is 0 Å². The molecule has 0 saturated carbocycles. The van der Waals surface area contributed by atoms with Gasteiger partial charge in [-0.2, -0.15) is 0 Å². The van der Waals surface area contributed by atoms with E-state index in [0.717, 1.165) is 26.3 Å². The lowest BCUT2D eigenvalue weighted by atomic mass is 10.3. The molecule has 0 aromatic carbocycles. The lowest BCUT2D eigenvalue weighted by molar-refractivity contribution is 0.0171. The number of aromatic nitrogens is 2. The van der Waals surface area contributed by atoms with E-state index in [2.05, 4.69) is 20.2 Å². The monoisotopic (exact) mass is 272 g/mol. The lowest BCUT2D eigenvalue weighted by Crippen LogP contribution is -2.42. The van der Waals surface area contributed by atoms with Crippen LogP contribution >= 0.6 is 11.6 Å². The number of aliphatic hydroxyl groups is 1. The zero-order valence-electron chi connectivity index (χ0n) is 10.0. The minimum atomic E-state index is -0.455. The third-order valence-electron chi connectivity index (χ3n) is 2.70. The van der Waals surface area contributed by atoms with Crippen molar-refractivity contribution in [3.8, 4) is 0 Å². The van der Waals surface area contributed by atoms with Gasteiger partial charge < -0.3 is 15.2 Å². The van der Waals surface area contributed by atoms with Crippen LogP contribution in [0.3, 0.4) is 0 Å². The van der Waals surface area contributed by atoms with Crippen LogP contribution in [0.2, 0.25) is 5.15 Å². The Morgan fingerprint density at radius 1 is 1.44 bits per heavy atom. The van der Waals surface area contributed by atoms with Gasteiger partial charge in [-0.1, -0.05) is 11.6 Å². The quantitative estimate of drug-likeness (QED) is 0.800. The molecule has 1 aromatic rings. The molecule has 0 spiro atoms. The molecule has 0 amide bonds. The van der Waals surface area contributed by atoms with E-state index < -0.39 is 6.10 Å². The Bertz CT molecular complexity index is 374. The van der Waals surface area contributed by atoms with Gasteiger partial charge in [-0.3, -0.25) is 9.88 Å². The summed E-state index contributed by atoms with van der Waals surface area (Å²) in [4.78, 5) is 10.1. The Balaban J connectivity index is 1.72. The second-order valence-electron chi connectivity index (χ2n) is 4.17. The van der Waals surface area contributed by atoms with Gasteiger partial charge in [0.25, 0.3) is 0 Å². The molecule has 1 fully saturated rings. The topological polar surface area (TPSA) is 70.5 Å². The van der Waals surface area contributed by atoms with Crippen LogP contribution in [0.1, 0.15) is 0 Å². The van der Waals surface area contributed by atoms with E-state index in [1.165, 1.54) is 6.20 Å². The third kappa shape index (κ3) is 4.38. The molecule has 1 aliphatic heterocycles. The molecule has 1 unspecified atom stereocenters. The number of hydrogen-bond donors (Lipinski definition) is 2. The highest BCUT2D eigenvalue weighted by Crippen LogP contribution is 2.07. The molecule has 1 aromatic heterocycles. The van der Waals surface area contributed by atoms with Crippen molar-refractivity contribution in [2.45, 2.75) is 6.10 Å². The summed E-state index contributed by atoms with van der Waals surface area (Å²) in [5.74, 6) is 0.573. The highest BCUT2D eigenvalue weighted by Gasteiger charge is 2.14. The standard InChI is InChI=1S/C11H17ClN4O2/c12-10-6-13-7-11(15-10)14-5-9(17)8-16-1-3-18-4-2-16/h6-7,9,17H,1-5,8H2,(H,14,15). The maximum Gasteiger partial charge on any atom is 0.149 e. The van der Waals surface area contributed by atoms with Gasteiger partial charge in [0.05, 0.1) is 31.7 Å². The molecule has 6 nitrogen and oxygen atoms in total. The van der Waals surface area contributed by atoms with E-state index in [1.807, 2.05) is 0 Å². The first-order valence-corrected chi connectivity index (χ1v) is 6.31. The van der Waals surface area contributed by atoms with Crippen molar-refractivity contribution >= 4 is 17.4 Å². The summed E-state index contributed by atoms with van der Waals surface area (Å²) in [5, 5.41) is 13.3. The van der Waals surface area contributed by atoms with Crippen molar-refractivity contribution in [3.05, 3.63) is 17.5 Å². The van der Waals surface area contributed by atoms with Crippen molar-refractivity contribution < 1.29 is 9.84 Å². The van der Waals surface area contributed by atoms with Crippen molar-refractivity contribution in [2.24, 2.45) is 0 Å². The second-order valence-corrected chi connectivity index (χ2v) is 4.56. The van der Waals surface area contributed by atoms with Crippen molar-refractivity contribution in [1.82, 2.24) is 14.9 Å². The highest BCUT2D eigenvalue weighted by atomic mass is 35.5. The Hall–Kier alpha value is -0.950. The van der Waals surface area contributed by atoms with Crippen LogP contribution in [0.4, 0.5) is 5.82 Å². The summed E-state index contributed by atoms with van der Waals surface area (Å²) < 4.78 is 5.25. The number of β-amino-alcohol motifs (C(OH)–C–C–N with tert-alkyl or cyclic N) is 1. The Labute approximate surface area is 111 Å². The van der Waals surface area contributed by atoms with Gasteiger partial charge in [0.2, 0.25) is 0 Å². The SMILES string of the molecule is OC(CNc1cncc(Cl)n1)CN1CCOCC1. The number of halogens is 1. The molecule has 18 heavy (non-hydrogen) atoms. The Morgan fingerprint density at radius 3 is 2.94 bits per heavy atom. The Morgan fingerprint density at radius 2 is 2.22 bits per heavy atom. The minimum absolute atomic E-state index is 0.336.